The summed E-state index contributed by atoms with van der Waals surface area (Å²) < 4.78 is 5.54. The summed E-state index contributed by atoms with van der Waals surface area (Å²) in [6.07, 6.45) is 3.98. The molecule has 3 heteroatoms. The van der Waals surface area contributed by atoms with Gasteiger partial charge in [-0.25, -0.2) is 0 Å². The third-order valence-electron chi connectivity index (χ3n) is 4.36. The van der Waals surface area contributed by atoms with Crippen LogP contribution in [0.2, 0.25) is 0 Å². The van der Waals surface area contributed by atoms with Gasteiger partial charge < -0.3 is 10.1 Å². The number of nitrogens with zero attached hydrogens (tertiary/aromatic N) is 1. The lowest BCUT2D eigenvalue weighted by Gasteiger charge is -2.42. The van der Waals surface area contributed by atoms with E-state index in [4.69, 9.17) is 4.74 Å². The third kappa shape index (κ3) is 3.67. The van der Waals surface area contributed by atoms with Gasteiger partial charge in [0.05, 0.1) is 13.2 Å². The lowest BCUT2D eigenvalue weighted by Crippen LogP contribution is -2.50. The molecule has 2 rings (SSSR count). The molecule has 3 nitrogen and oxygen atoms in total. The molecule has 0 spiro atoms. The van der Waals surface area contributed by atoms with E-state index in [1.54, 1.807) is 0 Å². The van der Waals surface area contributed by atoms with Gasteiger partial charge in [-0.15, -0.1) is 0 Å². The van der Waals surface area contributed by atoms with E-state index in [0.29, 0.717) is 12.1 Å². The summed E-state index contributed by atoms with van der Waals surface area (Å²) in [7, 11) is 0. The molecule has 4 atom stereocenters. The number of rotatable bonds is 3. The van der Waals surface area contributed by atoms with Crippen molar-refractivity contribution in [3.63, 3.8) is 0 Å². The van der Waals surface area contributed by atoms with Gasteiger partial charge in [-0.05, 0) is 39.0 Å². The highest BCUT2D eigenvalue weighted by molar-refractivity contribution is 4.84. The Labute approximate surface area is 106 Å². The molecule has 2 aliphatic rings. The summed E-state index contributed by atoms with van der Waals surface area (Å²) in [5.74, 6) is 0.865. The smallest absolute Gasteiger partial charge is 0.0620 e. The van der Waals surface area contributed by atoms with Crippen molar-refractivity contribution in [3.8, 4) is 0 Å². The molecule has 0 radical (unpaired) electrons. The second-order valence-electron chi connectivity index (χ2n) is 6.04. The van der Waals surface area contributed by atoms with Crippen molar-refractivity contribution in [2.45, 2.75) is 58.2 Å². The molecule has 0 aromatic carbocycles. The van der Waals surface area contributed by atoms with Gasteiger partial charge in [0, 0.05) is 31.2 Å². The van der Waals surface area contributed by atoms with E-state index in [1.165, 1.54) is 25.8 Å². The maximum absolute atomic E-state index is 5.54. The van der Waals surface area contributed by atoms with Crippen LogP contribution in [0, 0.1) is 5.92 Å². The fourth-order valence-electron chi connectivity index (χ4n) is 3.26. The number of ether oxygens (including phenoxy) is 1. The van der Waals surface area contributed by atoms with Crippen LogP contribution in [0.4, 0.5) is 0 Å². The molecule has 1 N–H and O–H groups in total. The quantitative estimate of drug-likeness (QED) is 0.815. The van der Waals surface area contributed by atoms with Crippen molar-refractivity contribution in [3.05, 3.63) is 0 Å². The molecule has 17 heavy (non-hydrogen) atoms. The van der Waals surface area contributed by atoms with Crippen molar-refractivity contribution in [1.82, 2.24) is 10.2 Å². The van der Waals surface area contributed by atoms with Crippen LogP contribution in [0.5, 0.6) is 0 Å². The molecule has 2 heterocycles. The van der Waals surface area contributed by atoms with Crippen LogP contribution in [0.25, 0.3) is 0 Å². The van der Waals surface area contributed by atoms with E-state index < -0.39 is 0 Å². The van der Waals surface area contributed by atoms with Gasteiger partial charge >= 0.3 is 0 Å². The van der Waals surface area contributed by atoms with E-state index in [0.717, 1.165) is 31.7 Å². The molecule has 0 aromatic rings. The van der Waals surface area contributed by atoms with E-state index in [2.05, 4.69) is 31.0 Å². The normalized spacial score (nSPS) is 37.9. The van der Waals surface area contributed by atoms with Gasteiger partial charge in [0.2, 0.25) is 0 Å². The summed E-state index contributed by atoms with van der Waals surface area (Å²) in [6.45, 7) is 11.2. The third-order valence-corrected chi connectivity index (χ3v) is 4.36. The molecule has 0 aromatic heterocycles. The minimum atomic E-state index is 0.559. The second kappa shape index (κ2) is 6.17. The lowest BCUT2D eigenvalue weighted by molar-refractivity contribution is 0.0410. The first-order valence-corrected chi connectivity index (χ1v) is 7.23. The Kier molecular flexibility index (Phi) is 4.83. The van der Waals surface area contributed by atoms with E-state index >= 15 is 0 Å². The van der Waals surface area contributed by atoms with Crippen LogP contribution in [-0.4, -0.2) is 49.3 Å². The maximum Gasteiger partial charge on any atom is 0.0620 e. The Hall–Kier alpha value is -0.120. The van der Waals surface area contributed by atoms with Gasteiger partial charge in [0.15, 0.2) is 0 Å². The van der Waals surface area contributed by atoms with Gasteiger partial charge in [-0.2, -0.15) is 0 Å². The average Bonchev–Trinajstić information content (AvgIpc) is 2.33. The minimum absolute atomic E-state index is 0.559. The predicted molar refractivity (Wildman–Crippen MR) is 71.3 cm³/mol. The van der Waals surface area contributed by atoms with Gasteiger partial charge in [-0.3, -0.25) is 4.90 Å². The van der Waals surface area contributed by atoms with Crippen molar-refractivity contribution in [2.24, 2.45) is 5.92 Å². The predicted octanol–water partition coefficient (Wildman–Crippen LogP) is 1.87. The Morgan fingerprint density at radius 1 is 1.35 bits per heavy atom. The summed E-state index contributed by atoms with van der Waals surface area (Å²) in [5.41, 5.74) is 0. The van der Waals surface area contributed by atoms with E-state index in [1.807, 2.05) is 0 Å². The number of likely N-dealkylation sites (tertiary alicyclic amines) is 1. The Balaban J connectivity index is 1.82. The van der Waals surface area contributed by atoms with Crippen molar-refractivity contribution in [1.29, 1.82) is 0 Å². The highest BCUT2D eigenvalue weighted by Crippen LogP contribution is 2.25. The highest BCUT2D eigenvalue weighted by atomic mass is 16.5. The largest absolute Gasteiger partial charge is 0.379 e. The molecule has 2 fully saturated rings. The molecule has 0 amide bonds. The average molecular weight is 240 g/mol. The van der Waals surface area contributed by atoms with Crippen molar-refractivity contribution < 1.29 is 4.74 Å². The minimum Gasteiger partial charge on any atom is -0.379 e. The number of morpholine rings is 1. The zero-order valence-corrected chi connectivity index (χ0v) is 11.6. The SMILES string of the molecule is CC1CCC(C)N(C(C)CC2COCCN2)C1. The number of hydrogen-bond acceptors (Lipinski definition) is 3. The molecule has 2 aliphatic heterocycles. The first kappa shape index (κ1) is 13.3. The van der Waals surface area contributed by atoms with Gasteiger partial charge in [0.25, 0.3) is 0 Å². The molecule has 2 saturated heterocycles. The van der Waals surface area contributed by atoms with Crippen LogP contribution < -0.4 is 5.32 Å². The molecular weight excluding hydrogens is 212 g/mol. The van der Waals surface area contributed by atoms with Gasteiger partial charge in [0.1, 0.15) is 0 Å². The summed E-state index contributed by atoms with van der Waals surface area (Å²) in [4.78, 5) is 2.70. The number of hydrogen-bond donors (Lipinski definition) is 1. The fourth-order valence-corrected chi connectivity index (χ4v) is 3.26. The number of nitrogens with one attached hydrogen (secondary N) is 1. The van der Waals surface area contributed by atoms with Crippen LogP contribution >= 0.6 is 0 Å². The second-order valence-corrected chi connectivity index (χ2v) is 6.04. The monoisotopic (exact) mass is 240 g/mol. The van der Waals surface area contributed by atoms with Crippen molar-refractivity contribution in [2.75, 3.05) is 26.3 Å². The Morgan fingerprint density at radius 2 is 2.18 bits per heavy atom. The zero-order valence-electron chi connectivity index (χ0n) is 11.6. The summed E-state index contributed by atoms with van der Waals surface area (Å²) in [5, 5.41) is 3.56. The Bertz CT molecular complexity index is 228. The molecule has 100 valence electrons. The van der Waals surface area contributed by atoms with Crippen LogP contribution in [-0.2, 0) is 4.74 Å². The van der Waals surface area contributed by atoms with Crippen molar-refractivity contribution >= 4 is 0 Å². The number of piperidine rings is 1. The van der Waals surface area contributed by atoms with E-state index in [9.17, 15) is 0 Å². The molecule has 0 saturated carbocycles. The fraction of sp³-hybridized carbons (Fsp3) is 1.00. The summed E-state index contributed by atoms with van der Waals surface area (Å²) in [6, 6.07) is 1.99. The maximum atomic E-state index is 5.54. The Morgan fingerprint density at radius 3 is 2.88 bits per heavy atom. The molecular formula is C14H28N2O. The lowest BCUT2D eigenvalue weighted by atomic mass is 9.92. The molecule has 4 unspecified atom stereocenters. The highest BCUT2D eigenvalue weighted by Gasteiger charge is 2.28. The molecule has 0 aliphatic carbocycles. The van der Waals surface area contributed by atoms with Crippen LogP contribution in [0.15, 0.2) is 0 Å². The first-order chi connectivity index (χ1) is 8.16. The van der Waals surface area contributed by atoms with E-state index in [-0.39, 0.29) is 0 Å². The van der Waals surface area contributed by atoms with Gasteiger partial charge in [-0.1, -0.05) is 6.92 Å². The van der Waals surface area contributed by atoms with Crippen LogP contribution in [0.1, 0.15) is 40.0 Å². The first-order valence-electron chi connectivity index (χ1n) is 7.23. The standard InChI is InChI=1S/C14H28N2O/c1-11-4-5-12(2)16(9-11)13(3)8-14-10-17-7-6-15-14/h11-15H,4-10H2,1-3H3. The molecule has 0 bridgehead atoms. The topological polar surface area (TPSA) is 24.5 Å². The van der Waals surface area contributed by atoms with Crippen LogP contribution in [0.3, 0.4) is 0 Å². The summed E-state index contributed by atoms with van der Waals surface area (Å²) >= 11 is 0. The zero-order chi connectivity index (χ0) is 12.3.